The Bertz CT molecular complexity index is 545. The molecule has 7 heteroatoms. The molecule has 1 fully saturated rings. The average molecular weight is 323 g/mol. The fourth-order valence-corrected chi connectivity index (χ4v) is 3.46. The second kappa shape index (κ2) is 7.36. The van der Waals surface area contributed by atoms with Crippen LogP contribution in [0.5, 0.6) is 0 Å². The molecule has 1 saturated heterocycles. The summed E-state index contributed by atoms with van der Waals surface area (Å²) in [6, 6.07) is 4.10. The van der Waals surface area contributed by atoms with Crippen molar-refractivity contribution in [2.75, 3.05) is 19.6 Å². The number of hydrogen-bond donors (Lipinski definition) is 2. The number of nitrogens with one attached hydrogen (secondary N) is 2. The Hall–Kier alpha value is -0.690. The van der Waals surface area contributed by atoms with Gasteiger partial charge in [0.25, 0.3) is 0 Å². The molecule has 20 heavy (non-hydrogen) atoms. The molecule has 1 aliphatic heterocycles. The monoisotopic (exact) mass is 322 g/mol. The van der Waals surface area contributed by atoms with E-state index in [1.54, 1.807) is 13.0 Å². The SMILES string of the molecule is Cc1ccc(F)c(S(=O)(=O)NCCC2CCNC2)c1.Cl. The molecule has 0 aromatic heterocycles. The molecule has 0 aliphatic carbocycles. The van der Waals surface area contributed by atoms with E-state index in [4.69, 9.17) is 0 Å². The van der Waals surface area contributed by atoms with Crippen LogP contribution in [-0.2, 0) is 10.0 Å². The minimum atomic E-state index is -3.75. The number of sulfonamides is 1. The molecule has 0 spiro atoms. The molecule has 0 bridgehead atoms. The first-order valence-corrected chi connectivity index (χ1v) is 7.94. The van der Waals surface area contributed by atoms with Crippen molar-refractivity contribution in [2.45, 2.75) is 24.7 Å². The summed E-state index contributed by atoms with van der Waals surface area (Å²) in [5, 5.41) is 3.23. The zero-order valence-corrected chi connectivity index (χ0v) is 13.0. The van der Waals surface area contributed by atoms with Gasteiger partial charge in [-0.05, 0) is 56.5 Å². The van der Waals surface area contributed by atoms with Crippen LogP contribution in [0, 0.1) is 18.7 Å². The van der Waals surface area contributed by atoms with Gasteiger partial charge in [0.15, 0.2) is 0 Å². The second-order valence-corrected chi connectivity index (χ2v) is 6.71. The Labute approximate surface area is 125 Å². The molecule has 2 N–H and O–H groups in total. The molecule has 1 aliphatic rings. The molecule has 114 valence electrons. The van der Waals surface area contributed by atoms with Gasteiger partial charge in [0.05, 0.1) is 0 Å². The lowest BCUT2D eigenvalue weighted by molar-refractivity contribution is 0.515. The Kier molecular flexibility index (Phi) is 6.39. The fourth-order valence-electron chi connectivity index (χ4n) is 2.25. The lowest BCUT2D eigenvalue weighted by Gasteiger charge is -2.11. The predicted molar refractivity (Wildman–Crippen MR) is 79.2 cm³/mol. The molecular formula is C13H20ClFN2O2S. The lowest BCUT2D eigenvalue weighted by Crippen LogP contribution is -2.27. The standard InChI is InChI=1S/C13H19FN2O2S.ClH/c1-10-2-3-12(14)13(8-10)19(17,18)16-7-5-11-4-6-15-9-11;/h2-3,8,11,15-16H,4-7,9H2,1H3;1H. The number of halogens is 2. The van der Waals surface area contributed by atoms with Crippen molar-refractivity contribution >= 4 is 22.4 Å². The number of aryl methyl sites for hydroxylation is 1. The average Bonchev–Trinajstić information content (AvgIpc) is 2.85. The quantitative estimate of drug-likeness (QED) is 0.869. The molecule has 1 aromatic carbocycles. The van der Waals surface area contributed by atoms with Crippen molar-refractivity contribution in [3.8, 4) is 0 Å². The Morgan fingerprint density at radius 1 is 1.45 bits per heavy atom. The van der Waals surface area contributed by atoms with Gasteiger partial charge in [-0.3, -0.25) is 0 Å². The summed E-state index contributed by atoms with van der Waals surface area (Å²) in [6.45, 7) is 4.01. The summed E-state index contributed by atoms with van der Waals surface area (Å²) in [5.74, 6) is -0.203. The van der Waals surface area contributed by atoms with Gasteiger partial charge in [-0.15, -0.1) is 12.4 Å². The van der Waals surface area contributed by atoms with Crippen LogP contribution < -0.4 is 10.0 Å². The molecule has 0 amide bonds. The number of rotatable bonds is 5. The third-order valence-electron chi connectivity index (χ3n) is 3.38. The van der Waals surface area contributed by atoms with Crippen molar-refractivity contribution in [3.05, 3.63) is 29.6 Å². The molecular weight excluding hydrogens is 303 g/mol. The maximum absolute atomic E-state index is 13.6. The summed E-state index contributed by atoms with van der Waals surface area (Å²) >= 11 is 0. The number of hydrogen-bond acceptors (Lipinski definition) is 3. The van der Waals surface area contributed by atoms with Crippen LogP contribution in [0.3, 0.4) is 0 Å². The molecule has 1 heterocycles. The zero-order valence-electron chi connectivity index (χ0n) is 11.4. The maximum atomic E-state index is 13.6. The van der Waals surface area contributed by atoms with Crippen molar-refractivity contribution in [1.29, 1.82) is 0 Å². The molecule has 1 aromatic rings. The first kappa shape index (κ1) is 17.4. The van der Waals surface area contributed by atoms with Crippen LogP contribution in [-0.4, -0.2) is 28.1 Å². The Morgan fingerprint density at radius 3 is 2.85 bits per heavy atom. The van der Waals surface area contributed by atoms with Gasteiger partial charge in [-0.2, -0.15) is 0 Å². The van der Waals surface area contributed by atoms with Gasteiger partial charge < -0.3 is 5.32 Å². The molecule has 1 atom stereocenters. The van der Waals surface area contributed by atoms with Crippen LogP contribution in [0.1, 0.15) is 18.4 Å². The highest BCUT2D eigenvalue weighted by atomic mass is 35.5. The molecule has 0 saturated carbocycles. The van der Waals surface area contributed by atoms with Crippen LogP contribution in [0.4, 0.5) is 4.39 Å². The summed E-state index contributed by atoms with van der Waals surface area (Å²) in [5.41, 5.74) is 0.724. The van der Waals surface area contributed by atoms with Gasteiger partial charge in [-0.1, -0.05) is 6.07 Å². The summed E-state index contributed by atoms with van der Waals surface area (Å²) < 4.78 is 40.1. The lowest BCUT2D eigenvalue weighted by atomic mass is 10.1. The highest BCUT2D eigenvalue weighted by molar-refractivity contribution is 7.89. The van der Waals surface area contributed by atoms with Crippen molar-refractivity contribution < 1.29 is 12.8 Å². The van der Waals surface area contributed by atoms with E-state index >= 15 is 0 Å². The smallest absolute Gasteiger partial charge is 0.243 e. The van der Waals surface area contributed by atoms with Gasteiger partial charge in [0.2, 0.25) is 10.0 Å². The van der Waals surface area contributed by atoms with Gasteiger partial charge >= 0.3 is 0 Å². The van der Waals surface area contributed by atoms with E-state index in [2.05, 4.69) is 10.0 Å². The third kappa shape index (κ3) is 4.41. The topological polar surface area (TPSA) is 58.2 Å². The van der Waals surface area contributed by atoms with Crippen molar-refractivity contribution in [1.82, 2.24) is 10.0 Å². The second-order valence-electron chi connectivity index (χ2n) is 4.98. The van der Waals surface area contributed by atoms with Gasteiger partial charge in [-0.25, -0.2) is 17.5 Å². The van der Waals surface area contributed by atoms with E-state index in [-0.39, 0.29) is 17.3 Å². The normalized spacial score (nSPS) is 18.8. The molecule has 4 nitrogen and oxygen atoms in total. The third-order valence-corrected chi connectivity index (χ3v) is 4.86. The van der Waals surface area contributed by atoms with Crippen molar-refractivity contribution in [2.24, 2.45) is 5.92 Å². The Balaban J connectivity index is 0.00000200. The van der Waals surface area contributed by atoms with E-state index in [1.807, 2.05) is 0 Å². The van der Waals surface area contributed by atoms with Crippen LogP contribution in [0.2, 0.25) is 0 Å². The molecule has 1 unspecified atom stereocenters. The summed E-state index contributed by atoms with van der Waals surface area (Å²) in [4.78, 5) is -0.267. The highest BCUT2D eigenvalue weighted by Crippen LogP contribution is 2.16. The summed E-state index contributed by atoms with van der Waals surface area (Å²) in [7, 11) is -3.75. The highest BCUT2D eigenvalue weighted by Gasteiger charge is 2.20. The van der Waals surface area contributed by atoms with Gasteiger partial charge in [0.1, 0.15) is 10.7 Å². The van der Waals surface area contributed by atoms with E-state index in [0.29, 0.717) is 12.5 Å². The summed E-state index contributed by atoms with van der Waals surface area (Å²) in [6.07, 6.45) is 1.85. The van der Waals surface area contributed by atoms with Crippen molar-refractivity contribution in [3.63, 3.8) is 0 Å². The zero-order chi connectivity index (χ0) is 13.9. The minimum Gasteiger partial charge on any atom is -0.316 e. The number of benzene rings is 1. The van der Waals surface area contributed by atoms with Crippen LogP contribution in [0.25, 0.3) is 0 Å². The van der Waals surface area contributed by atoms with Crippen LogP contribution >= 0.6 is 12.4 Å². The van der Waals surface area contributed by atoms with E-state index in [9.17, 15) is 12.8 Å². The fraction of sp³-hybridized carbons (Fsp3) is 0.538. The molecule has 2 rings (SSSR count). The maximum Gasteiger partial charge on any atom is 0.243 e. The van der Waals surface area contributed by atoms with E-state index in [0.717, 1.165) is 31.5 Å². The predicted octanol–water partition coefficient (Wildman–Crippen LogP) is 1.83. The Morgan fingerprint density at radius 2 is 2.20 bits per heavy atom. The van der Waals surface area contributed by atoms with E-state index < -0.39 is 15.8 Å². The van der Waals surface area contributed by atoms with Crippen LogP contribution in [0.15, 0.2) is 23.1 Å². The minimum absolute atomic E-state index is 0. The largest absolute Gasteiger partial charge is 0.316 e. The van der Waals surface area contributed by atoms with E-state index in [1.165, 1.54) is 12.1 Å². The first-order valence-electron chi connectivity index (χ1n) is 6.45. The van der Waals surface area contributed by atoms with Gasteiger partial charge in [0, 0.05) is 6.54 Å². The molecule has 0 radical (unpaired) electrons. The first-order chi connectivity index (χ1) is 8.99.